The van der Waals surface area contributed by atoms with Gasteiger partial charge in [0.15, 0.2) is 0 Å². The maximum absolute atomic E-state index is 3.65. The van der Waals surface area contributed by atoms with Crippen LogP contribution < -0.4 is 0 Å². The van der Waals surface area contributed by atoms with Crippen molar-refractivity contribution in [2.75, 3.05) is 0 Å². The summed E-state index contributed by atoms with van der Waals surface area (Å²) in [6, 6.07) is 28.4. The summed E-state index contributed by atoms with van der Waals surface area (Å²) in [7, 11) is 0. The summed E-state index contributed by atoms with van der Waals surface area (Å²) in [5.41, 5.74) is 3.92. The third-order valence-corrected chi connectivity index (χ3v) is 5.55. The SMILES string of the molecule is Brc1cc2cc(Br)c(C#Cc3ccccc3)cc2cc1C#Cc1ccccc1. The van der Waals surface area contributed by atoms with Crippen molar-refractivity contribution in [3.05, 3.63) is 116 Å². The molecule has 0 nitrogen and oxygen atoms in total. The number of hydrogen-bond donors (Lipinski definition) is 0. The van der Waals surface area contributed by atoms with Crippen LogP contribution in [0.3, 0.4) is 0 Å². The number of hydrogen-bond acceptors (Lipinski definition) is 0. The van der Waals surface area contributed by atoms with Crippen molar-refractivity contribution in [1.29, 1.82) is 0 Å². The van der Waals surface area contributed by atoms with E-state index in [0.29, 0.717) is 0 Å². The fraction of sp³-hybridized carbons (Fsp3) is 0. The van der Waals surface area contributed by atoms with E-state index in [1.807, 2.05) is 60.7 Å². The molecule has 0 atom stereocenters. The molecule has 0 aromatic heterocycles. The van der Waals surface area contributed by atoms with Crippen molar-refractivity contribution in [2.45, 2.75) is 0 Å². The van der Waals surface area contributed by atoms with Gasteiger partial charge in [-0.1, -0.05) is 60.1 Å². The second-order valence-corrected chi connectivity index (χ2v) is 7.95. The van der Waals surface area contributed by atoms with Crippen LogP contribution in [-0.2, 0) is 0 Å². The molecular weight excluding hydrogens is 472 g/mol. The summed E-state index contributed by atoms with van der Waals surface area (Å²) in [6.07, 6.45) is 0. The monoisotopic (exact) mass is 484 g/mol. The summed E-state index contributed by atoms with van der Waals surface area (Å²) in [5.74, 6) is 13.0. The first kappa shape index (κ1) is 18.6. The summed E-state index contributed by atoms with van der Waals surface area (Å²) >= 11 is 7.30. The van der Waals surface area contributed by atoms with Gasteiger partial charge in [-0.25, -0.2) is 0 Å². The summed E-state index contributed by atoms with van der Waals surface area (Å²) in [4.78, 5) is 0. The Bertz CT molecular complexity index is 1170. The Kier molecular flexibility index (Phi) is 5.63. The van der Waals surface area contributed by atoms with Crippen molar-refractivity contribution < 1.29 is 0 Å². The molecule has 0 amide bonds. The Labute approximate surface area is 181 Å². The number of fused-ring (bicyclic) bond motifs is 1. The third kappa shape index (κ3) is 4.37. The van der Waals surface area contributed by atoms with Crippen molar-refractivity contribution in [2.24, 2.45) is 0 Å². The maximum atomic E-state index is 3.65. The predicted molar refractivity (Wildman–Crippen MR) is 124 cm³/mol. The highest BCUT2D eigenvalue weighted by atomic mass is 79.9. The Morgan fingerprint density at radius 2 is 0.857 bits per heavy atom. The first-order chi connectivity index (χ1) is 13.7. The largest absolute Gasteiger partial charge is 0.0622 e. The second-order valence-electron chi connectivity index (χ2n) is 6.24. The number of rotatable bonds is 0. The fourth-order valence-electron chi connectivity index (χ4n) is 2.81. The van der Waals surface area contributed by atoms with Gasteiger partial charge in [0, 0.05) is 31.2 Å². The van der Waals surface area contributed by atoms with E-state index in [0.717, 1.165) is 42.0 Å². The number of halogens is 2. The molecule has 0 aliphatic carbocycles. The molecule has 0 saturated carbocycles. The van der Waals surface area contributed by atoms with Crippen LogP contribution >= 0.6 is 31.9 Å². The Balaban J connectivity index is 1.75. The molecule has 0 radical (unpaired) electrons. The molecule has 0 saturated heterocycles. The first-order valence-corrected chi connectivity index (χ1v) is 10.3. The second kappa shape index (κ2) is 8.49. The zero-order chi connectivity index (χ0) is 19.3. The average Bonchev–Trinajstić information content (AvgIpc) is 2.72. The molecule has 132 valence electrons. The van der Waals surface area contributed by atoms with Gasteiger partial charge in [0.25, 0.3) is 0 Å². The van der Waals surface area contributed by atoms with Crippen molar-refractivity contribution >= 4 is 42.6 Å². The maximum Gasteiger partial charge on any atom is 0.0397 e. The lowest BCUT2D eigenvalue weighted by Crippen LogP contribution is -1.85. The van der Waals surface area contributed by atoms with E-state index in [2.05, 4.69) is 79.8 Å². The van der Waals surface area contributed by atoms with Crippen LogP contribution in [0.1, 0.15) is 22.3 Å². The van der Waals surface area contributed by atoms with Crippen LogP contribution in [-0.4, -0.2) is 0 Å². The van der Waals surface area contributed by atoms with Gasteiger partial charge in [-0.15, -0.1) is 0 Å². The molecule has 0 heterocycles. The summed E-state index contributed by atoms with van der Waals surface area (Å²) in [5, 5.41) is 2.25. The lowest BCUT2D eigenvalue weighted by molar-refractivity contribution is 1.59. The van der Waals surface area contributed by atoms with Crippen LogP contribution in [0.5, 0.6) is 0 Å². The molecular formula is C26H14Br2. The molecule has 2 heteroatoms. The summed E-state index contributed by atoms with van der Waals surface area (Å²) < 4.78 is 1.97. The zero-order valence-corrected chi connectivity index (χ0v) is 18.0. The van der Waals surface area contributed by atoms with Gasteiger partial charge in [-0.05, 0) is 91.2 Å². The van der Waals surface area contributed by atoms with E-state index in [9.17, 15) is 0 Å². The molecule has 0 spiro atoms. The smallest absolute Gasteiger partial charge is 0.0397 e. The van der Waals surface area contributed by atoms with Gasteiger partial charge in [0.2, 0.25) is 0 Å². The van der Waals surface area contributed by atoms with E-state index in [-0.39, 0.29) is 0 Å². The number of benzene rings is 4. The van der Waals surface area contributed by atoms with Crippen LogP contribution in [0, 0.1) is 23.7 Å². The van der Waals surface area contributed by atoms with E-state index >= 15 is 0 Å². The van der Waals surface area contributed by atoms with E-state index in [1.165, 1.54) is 0 Å². The molecule has 0 bridgehead atoms. The Morgan fingerprint density at radius 3 is 1.29 bits per heavy atom. The average molecular weight is 486 g/mol. The van der Waals surface area contributed by atoms with Crippen LogP contribution in [0.25, 0.3) is 10.8 Å². The highest BCUT2D eigenvalue weighted by molar-refractivity contribution is 9.10. The predicted octanol–water partition coefficient (Wildman–Crippen LogP) is 7.16. The summed E-state index contributed by atoms with van der Waals surface area (Å²) in [6.45, 7) is 0. The first-order valence-electron chi connectivity index (χ1n) is 8.76. The quantitative estimate of drug-likeness (QED) is 0.232. The normalized spacial score (nSPS) is 9.93. The third-order valence-electron chi connectivity index (χ3n) is 4.24. The Morgan fingerprint density at radius 1 is 0.464 bits per heavy atom. The van der Waals surface area contributed by atoms with Gasteiger partial charge in [0.1, 0.15) is 0 Å². The van der Waals surface area contributed by atoms with Crippen molar-refractivity contribution in [1.82, 2.24) is 0 Å². The van der Waals surface area contributed by atoms with Gasteiger partial charge in [-0.3, -0.25) is 0 Å². The molecule has 0 aliphatic heterocycles. The lowest BCUT2D eigenvalue weighted by Gasteiger charge is -2.05. The minimum absolute atomic E-state index is 0.959. The Hall–Kier alpha value is -2.78. The lowest BCUT2D eigenvalue weighted by atomic mass is 10.0. The van der Waals surface area contributed by atoms with Crippen LogP contribution in [0.15, 0.2) is 93.9 Å². The minimum atomic E-state index is 0.959. The standard InChI is InChI=1S/C26H14Br2/c27-25-17-24-18-26(28)22(14-12-20-9-5-2-6-10-20)16-23(24)15-21(25)13-11-19-7-3-1-4-8-19/h1-10,15-18H. The van der Waals surface area contributed by atoms with Gasteiger partial charge < -0.3 is 0 Å². The van der Waals surface area contributed by atoms with Crippen molar-refractivity contribution in [3.63, 3.8) is 0 Å². The molecule has 0 N–H and O–H groups in total. The minimum Gasteiger partial charge on any atom is -0.0622 e. The molecule has 0 unspecified atom stereocenters. The van der Waals surface area contributed by atoms with Crippen LogP contribution in [0.2, 0.25) is 0 Å². The van der Waals surface area contributed by atoms with E-state index < -0.39 is 0 Å². The highest BCUT2D eigenvalue weighted by Gasteiger charge is 2.05. The van der Waals surface area contributed by atoms with Crippen molar-refractivity contribution in [3.8, 4) is 23.7 Å². The van der Waals surface area contributed by atoms with Gasteiger partial charge in [-0.2, -0.15) is 0 Å². The van der Waals surface area contributed by atoms with Crippen LogP contribution in [0.4, 0.5) is 0 Å². The molecule has 0 aliphatic rings. The molecule has 28 heavy (non-hydrogen) atoms. The molecule has 4 rings (SSSR count). The van der Waals surface area contributed by atoms with Gasteiger partial charge in [0.05, 0.1) is 0 Å². The molecule has 4 aromatic rings. The zero-order valence-electron chi connectivity index (χ0n) is 14.8. The highest BCUT2D eigenvalue weighted by Crippen LogP contribution is 2.29. The molecule has 0 fully saturated rings. The van der Waals surface area contributed by atoms with E-state index in [4.69, 9.17) is 0 Å². The van der Waals surface area contributed by atoms with E-state index in [1.54, 1.807) is 0 Å². The molecule has 4 aromatic carbocycles. The topological polar surface area (TPSA) is 0 Å². The van der Waals surface area contributed by atoms with Gasteiger partial charge >= 0.3 is 0 Å². The fourth-order valence-corrected chi connectivity index (χ4v) is 3.73.